The molecule has 3 rings (SSSR count). The number of imidazole rings is 1. The Kier molecular flexibility index (Phi) is 4.42. The number of nitrogens with zero attached hydrogens (tertiary/aromatic N) is 2. The van der Waals surface area contributed by atoms with E-state index < -0.39 is 0 Å². The van der Waals surface area contributed by atoms with Crippen molar-refractivity contribution in [2.75, 3.05) is 6.54 Å². The van der Waals surface area contributed by atoms with Crippen LogP contribution in [0.15, 0.2) is 40.4 Å². The number of aryl methyl sites for hydroxylation is 1. The smallest absolute Gasteiger partial charge is 0.193 e. The first-order valence-electron chi connectivity index (χ1n) is 7.08. The van der Waals surface area contributed by atoms with Crippen molar-refractivity contribution in [1.82, 2.24) is 14.7 Å². The monoisotopic (exact) mass is 363 g/mol. The molecule has 2 heterocycles. The van der Waals surface area contributed by atoms with Crippen LogP contribution in [-0.2, 0) is 6.42 Å². The van der Waals surface area contributed by atoms with Crippen LogP contribution in [0.2, 0.25) is 0 Å². The molecule has 0 spiro atoms. The van der Waals surface area contributed by atoms with Gasteiger partial charge in [-0.2, -0.15) is 0 Å². The lowest BCUT2D eigenvalue weighted by Gasteiger charge is -2.19. The molecule has 0 amide bonds. The van der Waals surface area contributed by atoms with E-state index in [4.69, 9.17) is 4.98 Å². The molecule has 0 fully saturated rings. The summed E-state index contributed by atoms with van der Waals surface area (Å²) in [6, 6.07) is 6.78. The summed E-state index contributed by atoms with van der Waals surface area (Å²) in [5.74, 6) is 0. The van der Waals surface area contributed by atoms with Crippen LogP contribution in [0.25, 0.3) is 4.96 Å². The van der Waals surface area contributed by atoms with Gasteiger partial charge in [0.05, 0.1) is 5.69 Å². The Morgan fingerprint density at radius 2 is 2.29 bits per heavy atom. The number of fused-ring (bicyclic) bond motifs is 1. The standard InChI is InChI=1S/C16H18BrN3S/c1-3-18-15(14-5-4-12(17)8-11(14)2)9-13-10-20-6-7-21-16(20)19-13/h4-8,10,15,18H,3,9H2,1-2H3. The minimum absolute atomic E-state index is 0.299. The first-order chi connectivity index (χ1) is 10.2. The lowest BCUT2D eigenvalue weighted by atomic mass is 9.97. The van der Waals surface area contributed by atoms with Crippen molar-refractivity contribution in [3.8, 4) is 0 Å². The van der Waals surface area contributed by atoms with E-state index in [9.17, 15) is 0 Å². The van der Waals surface area contributed by atoms with Gasteiger partial charge < -0.3 is 5.32 Å². The third-order valence-electron chi connectivity index (χ3n) is 3.61. The number of benzene rings is 1. The Morgan fingerprint density at radius 3 is 3.00 bits per heavy atom. The third-order valence-corrected chi connectivity index (χ3v) is 4.88. The van der Waals surface area contributed by atoms with Crippen molar-refractivity contribution < 1.29 is 0 Å². The fraction of sp³-hybridized carbons (Fsp3) is 0.312. The number of thiazole rings is 1. The second-order valence-electron chi connectivity index (χ2n) is 5.14. The summed E-state index contributed by atoms with van der Waals surface area (Å²) >= 11 is 5.21. The number of halogens is 1. The third kappa shape index (κ3) is 3.20. The van der Waals surface area contributed by atoms with Gasteiger partial charge in [0.2, 0.25) is 0 Å². The summed E-state index contributed by atoms with van der Waals surface area (Å²) in [4.78, 5) is 5.76. The van der Waals surface area contributed by atoms with Gasteiger partial charge in [0, 0.05) is 34.7 Å². The first kappa shape index (κ1) is 14.8. The highest BCUT2D eigenvalue weighted by Crippen LogP contribution is 2.25. The molecular weight excluding hydrogens is 346 g/mol. The van der Waals surface area contributed by atoms with Crippen LogP contribution in [-0.4, -0.2) is 15.9 Å². The summed E-state index contributed by atoms with van der Waals surface area (Å²) in [7, 11) is 0. The molecule has 5 heteroatoms. The quantitative estimate of drug-likeness (QED) is 0.729. The van der Waals surface area contributed by atoms with E-state index in [1.54, 1.807) is 11.3 Å². The predicted molar refractivity (Wildman–Crippen MR) is 92.1 cm³/mol. The molecule has 110 valence electrons. The highest BCUT2D eigenvalue weighted by molar-refractivity contribution is 9.10. The number of hydrogen-bond acceptors (Lipinski definition) is 3. The van der Waals surface area contributed by atoms with E-state index in [0.717, 1.165) is 28.1 Å². The summed E-state index contributed by atoms with van der Waals surface area (Å²) in [6.07, 6.45) is 5.10. The highest BCUT2D eigenvalue weighted by atomic mass is 79.9. The van der Waals surface area contributed by atoms with Crippen molar-refractivity contribution in [3.05, 3.63) is 57.3 Å². The van der Waals surface area contributed by atoms with Crippen LogP contribution in [0, 0.1) is 6.92 Å². The number of hydrogen-bond donors (Lipinski definition) is 1. The molecule has 0 saturated carbocycles. The molecule has 2 aromatic heterocycles. The fourth-order valence-corrected chi connectivity index (χ4v) is 3.85. The molecule has 1 atom stereocenters. The van der Waals surface area contributed by atoms with Crippen molar-refractivity contribution in [2.45, 2.75) is 26.3 Å². The van der Waals surface area contributed by atoms with Gasteiger partial charge in [0.15, 0.2) is 4.96 Å². The zero-order valence-corrected chi connectivity index (χ0v) is 14.5. The van der Waals surface area contributed by atoms with Gasteiger partial charge >= 0.3 is 0 Å². The Balaban J connectivity index is 1.88. The summed E-state index contributed by atoms with van der Waals surface area (Å²) in [5.41, 5.74) is 3.78. The molecule has 3 nitrogen and oxygen atoms in total. The minimum Gasteiger partial charge on any atom is -0.310 e. The maximum absolute atomic E-state index is 4.70. The SMILES string of the molecule is CCNC(Cc1cn2ccsc2n1)c1ccc(Br)cc1C. The second kappa shape index (κ2) is 6.30. The molecule has 3 aromatic rings. The molecule has 21 heavy (non-hydrogen) atoms. The van der Waals surface area contributed by atoms with Gasteiger partial charge in [0.25, 0.3) is 0 Å². The highest BCUT2D eigenvalue weighted by Gasteiger charge is 2.15. The maximum Gasteiger partial charge on any atom is 0.193 e. The van der Waals surface area contributed by atoms with Crippen LogP contribution in [0.5, 0.6) is 0 Å². The average Bonchev–Trinajstić information content (AvgIpc) is 2.99. The van der Waals surface area contributed by atoms with Gasteiger partial charge in [-0.25, -0.2) is 4.98 Å². The molecule has 1 aromatic carbocycles. The zero-order valence-electron chi connectivity index (χ0n) is 12.1. The summed E-state index contributed by atoms with van der Waals surface area (Å²) in [5, 5.41) is 5.65. The summed E-state index contributed by atoms with van der Waals surface area (Å²) in [6.45, 7) is 5.26. The van der Waals surface area contributed by atoms with Gasteiger partial charge in [0.1, 0.15) is 0 Å². The zero-order chi connectivity index (χ0) is 14.8. The van der Waals surface area contributed by atoms with Crippen LogP contribution >= 0.6 is 27.3 Å². The summed E-state index contributed by atoms with van der Waals surface area (Å²) < 4.78 is 3.22. The number of rotatable bonds is 5. The van der Waals surface area contributed by atoms with Crippen LogP contribution in [0.3, 0.4) is 0 Å². The number of nitrogens with one attached hydrogen (secondary N) is 1. The van der Waals surface area contributed by atoms with E-state index in [1.807, 2.05) is 0 Å². The van der Waals surface area contributed by atoms with E-state index in [2.05, 4.69) is 75.5 Å². The molecule has 0 bridgehead atoms. The number of likely N-dealkylation sites (N-methyl/N-ethyl adjacent to an activating group) is 1. The maximum atomic E-state index is 4.70. The van der Waals surface area contributed by atoms with Crippen LogP contribution in [0.1, 0.15) is 29.8 Å². The molecule has 0 aliphatic carbocycles. The first-order valence-corrected chi connectivity index (χ1v) is 8.75. The lowest BCUT2D eigenvalue weighted by Crippen LogP contribution is -2.23. The molecule has 0 aliphatic heterocycles. The normalized spacial score (nSPS) is 12.9. The molecule has 0 aliphatic rings. The van der Waals surface area contributed by atoms with Crippen molar-refractivity contribution in [3.63, 3.8) is 0 Å². The molecule has 0 saturated heterocycles. The molecular formula is C16H18BrN3S. The van der Waals surface area contributed by atoms with Crippen molar-refractivity contribution in [1.29, 1.82) is 0 Å². The lowest BCUT2D eigenvalue weighted by molar-refractivity contribution is 0.543. The van der Waals surface area contributed by atoms with E-state index >= 15 is 0 Å². The van der Waals surface area contributed by atoms with Crippen molar-refractivity contribution >= 4 is 32.2 Å². The predicted octanol–water partition coefficient (Wildman–Crippen LogP) is 4.36. The van der Waals surface area contributed by atoms with Crippen LogP contribution in [0.4, 0.5) is 0 Å². The Labute approximate surface area is 137 Å². The molecule has 1 unspecified atom stereocenters. The topological polar surface area (TPSA) is 29.3 Å². The van der Waals surface area contributed by atoms with Crippen molar-refractivity contribution in [2.24, 2.45) is 0 Å². The second-order valence-corrected chi connectivity index (χ2v) is 6.93. The van der Waals surface area contributed by atoms with E-state index in [0.29, 0.717) is 6.04 Å². The van der Waals surface area contributed by atoms with Crippen LogP contribution < -0.4 is 5.32 Å². The molecule has 1 N–H and O–H groups in total. The molecule has 0 radical (unpaired) electrons. The van der Waals surface area contributed by atoms with Gasteiger partial charge in [-0.05, 0) is 36.7 Å². The Bertz CT molecular complexity index is 718. The van der Waals surface area contributed by atoms with E-state index in [1.165, 1.54) is 11.1 Å². The average molecular weight is 364 g/mol. The Hall–Kier alpha value is -1.17. The largest absolute Gasteiger partial charge is 0.310 e. The minimum atomic E-state index is 0.299. The fourth-order valence-electron chi connectivity index (χ4n) is 2.65. The van der Waals surface area contributed by atoms with Gasteiger partial charge in [-0.15, -0.1) is 11.3 Å². The Morgan fingerprint density at radius 1 is 1.43 bits per heavy atom. The van der Waals surface area contributed by atoms with Gasteiger partial charge in [-0.3, -0.25) is 4.40 Å². The van der Waals surface area contributed by atoms with Gasteiger partial charge in [-0.1, -0.05) is 28.9 Å². The van der Waals surface area contributed by atoms with E-state index in [-0.39, 0.29) is 0 Å². The number of aromatic nitrogens is 2.